The number of nitrogens with two attached hydrogens (primary N) is 1. The molecule has 3 N–H and O–H groups in total. The third kappa shape index (κ3) is 2.49. The fourth-order valence-electron chi connectivity index (χ4n) is 2.59. The summed E-state index contributed by atoms with van der Waals surface area (Å²) in [7, 11) is 1.55. The molecule has 0 aliphatic carbocycles. The zero-order valence-electron chi connectivity index (χ0n) is 12.8. The van der Waals surface area contributed by atoms with Gasteiger partial charge in [0.05, 0.1) is 13.0 Å². The summed E-state index contributed by atoms with van der Waals surface area (Å²) in [6, 6.07) is 10.1. The molecule has 1 aromatic carbocycles. The van der Waals surface area contributed by atoms with Crippen LogP contribution >= 0.6 is 0 Å². The molecule has 7 heteroatoms. The van der Waals surface area contributed by atoms with Crippen molar-refractivity contribution in [2.24, 2.45) is 5.73 Å². The first-order valence-corrected chi connectivity index (χ1v) is 7.08. The summed E-state index contributed by atoms with van der Waals surface area (Å²) < 4.78 is 16.0. The van der Waals surface area contributed by atoms with Crippen molar-refractivity contribution < 1.29 is 19.0 Å². The van der Waals surface area contributed by atoms with Gasteiger partial charge in [0.2, 0.25) is 17.1 Å². The van der Waals surface area contributed by atoms with Crippen molar-refractivity contribution in [2.75, 3.05) is 7.11 Å². The van der Waals surface area contributed by atoms with Crippen LogP contribution < -0.4 is 20.6 Å². The average molecular weight is 326 g/mol. The van der Waals surface area contributed by atoms with Crippen LogP contribution in [-0.4, -0.2) is 12.2 Å². The van der Waals surface area contributed by atoms with E-state index < -0.39 is 18.0 Å². The Morgan fingerprint density at radius 3 is 2.67 bits per heavy atom. The van der Waals surface area contributed by atoms with Gasteiger partial charge in [0.15, 0.2) is 5.76 Å². The summed E-state index contributed by atoms with van der Waals surface area (Å²) in [6.45, 7) is -0.446. The lowest BCUT2D eigenvalue weighted by Crippen LogP contribution is -2.25. The van der Waals surface area contributed by atoms with Gasteiger partial charge < -0.3 is 24.7 Å². The van der Waals surface area contributed by atoms with Crippen molar-refractivity contribution >= 4 is 0 Å². The fourth-order valence-corrected chi connectivity index (χ4v) is 2.59. The highest BCUT2D eigenvalue weighted by molar-refractivity contribution is 5.52. The largest absolute Gasteiger partial charge is 0.497 e. The van der Waals surface area contributed by atoms with Crippen molar-refractivity contribution in [3.8, 4) is 17.6 Å². The predicted octanol–water partition coefficient (Wildman–Crippen LogP) is 1.36. The summed E-state index contributed by atoms with van der Waals surface area (Å²) in [5, 5.41) is 18.7. The highest BCUT2D eigenvalue weighted by atomic mass is 16.5. The van der Waals surface area contributed by atoms with E-state index in [2.05, 4.69) is 0 Å². The van der Waals surface area contributed by atoms with Gasteiger partial charge in [-0.1, -0.05) is 12.1 Å². The first kappa shape index (κ1) is 15.6. The lowest BCUT2D eigenvalue weighted by Gasteiger charge is -2.24. The molecular formula is C17H14N2O5. The second-order valence-electron chi connectivity index (χ2n) is 5.13. The van der Waals surface area contributed by atoms with Crippen LogP contribution in [0.2, 0.25) is 0 Å². The van der Waals surface area contributed by atoms with Gasteiger partial charge in [-0.25, -0.2) is 0 Å². The van der Waals surface area contributed by atoms with Crippen LogP contribution in [0.15, 0.2) is 51.0 Å². The molecule has 0 saturated heterocycles. The molecule has 1 atom stereocenters. The summed E-state index contributed by atoms with van der Waals surface area (Å²) >= 11 is 0. The third-order valence-electron chi connectivity index (χ3n) is 3.73. The molecule has 0 bridgehead atoms. The van der Waals surface area contributed by atoms with Crippen LogP contribution in [0.25, 0.3) is 0 Å². The normalized spacial score (nSPS) is 16.1. The van der Waals surface area contributed by atoms with Crippen molar-refractivity contribution in [3.63, 3.8) is 0 Å². The van der Waals surface area contributed by atoms with Crippen LogP contribution in [0.3, 0.4) is 0 Å². The second kappa shape index (κ2) is 6.10. The quantitative estimate of drug-likeness (QED) is 0.874. The molecule has 0 saturated carbocycles. The standard InChI is InChI=1S/C17H14N2O5/c1-22-10-4-2-9(3-5-10)14-12(7-18)17(19)24-15-13(21)6-11(8-20)23-16(14)15/h2-6,14,20H,8,19H2,1H3/t14-/m1/s1. The first-order chi connectivity index (χ1) is 11.6. The van der Waals surface area contributed by atoms with Crippen LogP contribution in [-0.2, 0) is 6.61 Å². The Morgan fingerprint density at radius 1 is 1.38 bits per heavy atom. The molecule has 0 fully saturated rings. The Hall–Kier alpha value is -3.24. The van der Waals surface area contributed by atoms with Crippen molar-refractivity contribution in [1.82, 2.24) is 0 Å². The van der Waals surface area contributed by atoms with Crippen LogP contribution in [0.5, 0.6) is 11.5 Å². The summed E-state index contributed by atoms with van der Waals surface area (Å²) in [5.74, 6) is -0.0589. The number of benzene rings is 1. The zero-order chi connectivity index (χ0) is 17.3. The third-order valence-corrected chi connectivity index (χ3v) is 3.73. The fraction of sp³-hybridized carbons (Fsp3) is 0.176. The monoisotopic (exact) mass is 326 g/mol. The molecule has 0 amide bonds. The van der Waals surface area contributed by atoms with Gasteiger partial charge in [-0.3, -0.25) is 4.79 Å². The Bertz CT molecular complexity index is 906. The number of nitriles is 1. The summed E-state index contributed by atoms with van der Waals surface area (Å²) in [6.07, 6.45) is 0. The van der Waals surface area contributed by atoms with E-state index in [9.17, 15) is 15.2 Å². The number of fused-ring (bicyclic) bond motifs is 1. The Balaban J connectivity index is 2.24. The maximum atomic E-state index is 12.2. The highest BCUT2D eigenvalue weighted by Gasteiger charge is 2.35. The van der Waals surface area contributed by atoms with E-state index in [1.807, 2.05) is 6.07 Å². The SMILES string of the molecule is COc1ccc([C@@H]2C(C#N)=C(N)Oc3c2oc(CO)cc3=O)cc1. The van der Waals surface area contributed by atoms with Crippen LogP contribution in [0.1, 0.15) is 23.0 Å². The maximum Gasteiger partial charge on any atom is 0.228 e. The Kier molecular flexibility index (Phi) is 3.98. The number of allylic oxidation sites excluding steroid dienone is 1. The molecule has 0 unspecified atom stereocenters. The smallest absolute Gasteiger partial charge is 0.228 e. The van der Waals surface area contributed by atoms with Crippen LogP contribution in [0, 0.1) is 11.3 Å². The molecule has 0 spiro atoms. The van der Waals surface area contributed by atoms with Gasteiger partial charge in [0.1, 0.15) is 29.8 Å². The molecule has 7 nitrogen and oxygen atoms in total. The minimum absolute atomic E-state index is 0.0791. The van der Waals surface area contributed by atoms with Gasteiger partial charge in [-0.05, 0) is 17.7 Å². The van der Waals surface area contributed by atoms with Crippen molar-refractivity contribution in [2.45, 2.75) is 12.5 Å². The highest BCUT2D eigenvalue weighted by Crippen LogP contribution is 2.41. The number of ether oxygens (including phenoxy) is 2. The molecule has 1 aromatic heterocycles. The predicted molar refractivity (Wildman–Crippen MR) is 83.2 cm³/mol. The topological polar surface area (TPSA) is 119 Å². The van der Waals surface area contributed by atoms with E-state index >= 15 is 0 Å². The molecule has 1 aliphatic rings. The molecule has 2 aromatic rings. The molecule has 0 radical (unpaired) electrons. The van der Waals surface area contributed by atoms with Crippen LogP contribution in [0.4, 0.5) is 0 Å². The van der Waals surface area contributed by atoms with Gasteiger partial charge in [-0.2, -0.15) is 5.26 Å². The minimum atomic E-state index is -0.705. The molecule has 122 valence electrons. The van der Waals surface area contributed by atoms with Gasteiger partial charge in [0.25, 0.3) is 0 Å². The Labute approximate surface area is 137 Å². The molecule has 1 aliphatic heterocycles. The lowest BCUT2D eigenvalue weighted by atomic mass is 9.87. The van der Waals surface area contributed by atoms with Crippen molar-refractivity contribution in [3.05, 3.63) is 69.1 Å². The number of aliphatic hydroxyl groups excluding tert-OH is 1. The van der Waals surface area contributed by atoms with E-state index in [0.29, 0.717) is 11.3 Å². The first-order valence-electron chi connectivity index (χ1n) is 7.08. The summed E-state index contributed by atoms with van der Waals surface area (Å²) in [5.41, 5.74) is 6.14. The molecule has 24 heavy (non-hydrogen) atoms. The summed E-state index contributed by atoms with van der Waals surface area (Å²) in [4.78, 5) is 12.2. The molecule has 3 rings (SSSR count). The average Bonchev–Trinajstić information content (AvgIpc) is 2.61. The number of nitrogens with zero attached hydrogens (tertiary/aromatic N) is 1. The minimum Gasteiger partial charge on any atom is -0.497 e. The van der Waals surface area contributed by atoms with E-state index in [1.54, 1.807) is 31.4 Å². The number of hydrogen-bond acceptors (Lipinski definition) is 7. The van der Waals surface area contributed by atoms with Crippen molar-refractivity contribution in [1.29, 1.82) is 5.26 Å². The molecule has 2 heterocycles. The number of rotatable bonds is 3. The Morgan fingerprint density at radius 2 is 2.08 bits per heavy atom. The van der Waals surface area contributed by atoms with Gasteiger partial charge in [0, 0.05) is 6.07 Å². The van der Waals surface area contributed by atoms with E-state index in [1.165, 1.54) is 0 Å². The van der Waals surface area contributed by atoms with E-state index in [0.717, 1.165) is 6.07 Å². The number of methoxy groups -OCH3 is 1. The lowest BCUT2D eigenvalue weighted by molar-refractivity contribution is 0.231. The number of hydrogen-bond donors (Lipinski definition) is 2. The van der Waals surface area contributed by atoms with Gasteiger partial charge in [-0.15, -0.1) is 0 Å². The van der Waals surface area contributed by atoms with Gasteiger partial charge >= 0.3 is 0 Å². The second-order valence-corrected chi connectivity index (χ2v) is 5.13. The van der Waals surface area contributed by atoms with E-state index in [-0.39, 0.29) is 28.7 Å². The maximum absolute atomic E-state index is 12.2. The van der Waals surface area contributed by atoms with E-state index in [4.69, 9.17) is 19.6 Å². The zero-order valence-corrected chi connectivity index (χ0v) is 12.8. The molecular weight excluding hydrogens is 312 g/mol. The number of aliphatic hydroxyl groups is 1.